The van der Waals surface area contributed by atoms with Crippen LogP contribution in [0.3, 0.4) is 0 Å². The van der Waals surface area contributed by atoms with E-state index in [1.807, 2.05) is 29.2 Å². The summed E-state index contributed by atoms with van der Waals surface area (Å²) in [6.07, 6.45) is 0.772. The summed E-state index contributed by atoms with van der Waals surface area (Å²) in [5, 5.41) is 7.55. The van der Waals surface area contributed by atoms with Gasteiger partial charge in [-0.25, -0.2) is 0 Å². The number of ether oxygens (including phenoxy) is 2. The maximum atomic E-state index is 13.3. The molecule has 32 heavy (non-hydrogen) atoms. The first kappa shape index (κ1) is 22.1. The molecule has 1 aliphatic rings. The molecular formula is C26H31N3O3. The molecule has 0 bridgehead atoms. The van der Waals surface area contributed by atoms with E-state index < -0.39 is 0 Å². The minimum atomic E-state index is -0.195. The molecule has 0 fully saturated rings. The Morgan fingerprint density at radius 1 is 1.03 bits per heavy atom. The van der Waals surface area contributed by atoms with Gasteiger partial charge in [0.2, 0.25) is 0 Å². The fourth-order valence-corrected chi connectivity index (χ4v) is 4.29. The van der Waals surface area contributed by atoms with Crippen LogP contribution in [0.2, 0.25) is 0 Å². The van der Waals surface area contributed by atoms with Gasteiger partial charge in [-0.1, -0.05) is 45.0 Å². The Morgan fingerprint density at radius 3 is 2.31 bits per heavy atom. The number of hydrogen-bond donors (Lipinski definition) is 1. The van der Waals surface area contributed by atoms with Crippen LogP contribution in [-0.4, -0.2) is 48.4 Å². The van der Waals surface area contributed by atoms with Gasteiger partial charge in [0.15, 0.2) is 0 Å². The lowest BCUT2D eigenvalue weighted by molar-refractivity contribution is 0.0723. The molecular weight excluding hydrogens is 402 g/mol. The van der Waals surface area contributed by atoms with Gasteiger partial charge in [0, 0.05) is 31.4 Å². The van der Waals surface area contributed by atoms with Crippen molar-refractivity contribution in [3.8, 4) is 17.0 Å². The van der Waals surface area contributed by atoms with Crippen LogP contribution in [0, 0.1) is 0 Å². The zero-order valence-electron chi connectivity index (χ0n) is 19.4. The predicted molar refractivity (Wildman–Crippen MR) is 125 cm³/mol. The summed E-state index contributed by atoms with van der Waals surface area (Å²) >= 11 is 0. The third-order valence-corrected chi connectivity index (χ3v) is 6.07. The van der Waals surface area contributed by atoms with E-state index in [4.69, 9.17) is 9.47 Å². The summed E-state index contributed by atoms with van der Waals surface area (Å²) in [4.78, 5) is 15.3. The number of carbonyl (C=O) groups is 1. The lowest BCUT2D eigenvalue weighted by Crippen LogP contribution is -2.31. The SMILES string of the molecule is COCCCN1C(=O)c2[nH]nc(-c3ccc(OC)cc3)c2C1c1ccc(C(C)(C)C)cc1. The third-order valence-electron chi connectivity index (χ3n) is 6.07. The smallest absolute Gasteiger partial charge is 0.273 e. The Hall–Kier alpha value is -3.12. The third kappa shape index (κ3) is 4.02. The molecule has 168 valence electrons. The molecule has 2 aromatic carbocycles. The summed E-state index contributed by atoms with van der Waals surface area (Å²) < 4.78 is 10.5. The lowest BCUT2D eigenvalue weighted by Gasteiger charge is -2.27. The summed E-state index contributed by atoms with van der Waals surface area (Å²) in [6.45, 7) is 7.83. The number of hydrogen-bond acceptors (Lipinski definition) is 4. The van der Waals surface area contributed by atoms with Gasteiger partial charge in [-0.15, -0.1) is 0 Å². The van der Waals surface area contributed by atoms with Gasteiger partial charge in [0.25, 0.3) is 5.91 Å². The number of methoxy groups -OCH3 is 2. The van der Waals surface area contributed by atoms with Gasteiger partial charge in [-0.2, -0.15) is 5.10 Å². The van der Waals surface area contributed by atoms with Crippen LogP contribution in [-0.2, 0) is 10.2 Å². The molecule has 4 rings (SSSR count). The maximum absolute atomic E-state index is 13.3. The maximum Gasteiger partial charge on any atom is 0.273 e. The summed E-state index contributed by atoms with van der Waals surface area (Å²) in [7, 11) is 3.33. The van der Waals surface area contributed by atoms with Crippen LogP contribution >= 0.6 is 0 Å². The second-order valence-corrected chi connectivity index (χ2v) is 9.21. The van der Waals surface area contributed by atoms with Crippen molar-refractivity contribution in [2.45, 2.75) is 38.6 Å². The normalized spacial score (nSPS) is 15.8. The van der Waals surface area contributed by atoms with Gasteiger partial charge >= 0.3 is 0 Å². The number of aromatic amines is 1. The molecule has 0 radical (unpaired) electrons. The molecule has 6 nitrogen and oxygen atoms in total. The van der Waals surface area contributed by atoms with Crippen LogP contribution in [0.15, 0.2) is 48.5 Å². The van der Waals surface area contributed by atoms with Gasteiger partial charge in [0.05, 0.1) is 18.8 Å². The molecule has 1 unspecified atom stereocenters. The van der Waals surface area contributed by atoms with Crippen LogP contribution in [0.25, 0.3) is 11.3 Å². The van der Waals surface area contributed by atoms with E-state index in [-0.39, 0.29) is 17.4 Å². The van der Waals surface area contributed by atoms with Crippen LogP contribution in [0.1, 0.15) is 60.4 Å². The standard InChI is InChI=1S/C26H31N3O3/c1-26(2,3)19-11-7-18(8-12-19)24-21-22(17-9-13-20(32-5)14-10-17)27-28-23(21)25(30)29(24)15-6-16-31-4/h7-14,24H,6,15-16H2,1-5H3,(H,27,28). The van der Waals surface area contributed by atoms with E-state index in [0.717, 1.165) is 34.6 Å². The first-order valence-electron chi connectivity index (χ1n) is 11.0. The van der Waals surface area contributed by atoms with Gasteiger partial charge in [-0.05, 0) is 47.2 Å². The van der Waals surface area contributed by atoms with Gasteiger partial charge in [0.1, 0.15) is 11.4 Å². The molecule has 1 atom stereocenters. The molecule has 1 N–H and O–H groups in total. The second-order valence-electron chi connectivity index (χ2n) is 9.21. The van der Waals surface area contributed by atoms with Gasteiger partial charge < -0.3 is 14.4 Å². The Labute approximate surface area is 189 Å². The molecule has 0 spiro atoms. The summed E-state index contributed by atoms with van der Waals surface area (Å²) in [5.74, 6) is 0.765. The summed E-state index contributed by atoms with van der Waals surface area (Å²) in [5.41, 5.74) is 5.66. The number of nitrogens with one attached hydrogen (secondary N) is 1. The van der Waals surface area contributed by atoms with Crippen molar-refractivity contribution in [1.82, 2.24) is 15.1 Å². The molecule has 3 aromatic rings. The number of carbonyl (C=O) groups excluding carboxylic acids is 1. The first-order chi connectivity index (χ1) is 15.3. The highest BCUT2D eigenvalue weighted by atomic mass is 16.5. The average molecular weight is 434 g/mol. The van der Waals surface area contributed by atoms with Crippen molar-refractivity contribution >= 4 is 5.91 Å². The quantitative estimate of drug-likeness (QED) is 0.535. The number of rotatable bonds is 7. The van der Waals surface area contributed by atoms with E-state index in [1.54, 1.807) is 14.2 Å². The fourth-order valence-electron chi connectivity index (χ4n) is 4.29. The minimum Gasteiger partial charge on any atom is -0.497 e. The molecule has 6 heteroatoms. The van der Waals surface area contributed by atoms with Gasteiger partial charge in [-0.3, -0.25) is 9.89 Å². The monoisotopic (exact) mass is 433 g/mol. The van der Waals surface area contributed by atoms with E-state index >= 15 is 0 Å². The van der Waals surface area contributed by atoms with Crippen LogP contribution in [0.5, 0.6) is 5.75 Å². The highest BCUT2D eigenvalue weighted by Gasteiger charge is 2.41. The molecule has 0 saturated carbocycles. The molecule has 1 amide bonds. The Bertz CT molecular complexity index is 1080. The van der Waals surface area contributed by atoms with Crippen molar-refractivity contribution < 1.29 is 14.3 Å². The zero-order chi connectivity index (χ0) is 22.9. The van der Waals surface area contributed by atoms with Crippen molar-refractivity contribution in [1.29, 1.82) is 0 Å². The number of amides is 1. The van der Waals surface area contributed by atoms with Crippen LogP contribution in [0.4, 0.5) is 0 Å². The fraction of sp³-hybridized carbons (Fsp3) is 0.385. The first-order valence-corrected chi connectivity index (χ1v) is 11.0. The van der Waals surface area contributed by atoms with Crippen molar-refractivity contribution in [2.75, 3.05) is 27.4 Å². The zero-order valence-corrected chi connectivity index (χ0v) is 19.4. The molecule has 1 aromatic heterocycles. The highest BCUT2D eigenvalue weighted by Crippen LogP contribution is 2.43. The number of nitrogens with zero attached hydrogens (tertiary/aromatic N) is 2. The number of H-pyrrole nitrogens is 1. The number of benzene rings is 2. The number of aromatic nitrogens is 2. The van der Waals surface area contributed by atoms with Crippen molar-refractivity contribution in [2.24, 2.45) is 0 Å². The second kappa shape index (κ2) is 8.79. The number of fused-ring (bicyclic) bond motifs is 1. The van der Waals surface area contributed by atoms with E-state index in [1.165, 1.54) is 5.56 Å². The average Bonchev–Trinajstić information content (AvgIpc) is 3.33. The molecule has 2 heterocycles. The molecule has 0 saturated heterocycles. The predicted octanol–water partition coefficient (Wildman–Crippen LogP) is 4.96. The van der Waals surface area contributed by atoms with Crippen LogP contribution < -0.4 is 4.74 Å². The minimum absolute atomic E-state index is 0.0201. The molecule has 1 aliphatic heterocycles. The van der Waals surface area contributed by atoms with Crippen molar-refractivity contribution in [3.63, 3.8) is 0 Å². The van der Waals surface area contributed by atoms with Crippen molar-refractivity contribution in [3.05, 3.63) is 70.9 Å². The lowest BCUT2D eigenvalue weighted by atomic mass is 9.85. The van der Waals surface area contributed by atoms with E-state index in [0.29, 0.717) is 18.8 Å². The highest BCUT2D eigenvalue weighted by molar-refractivity contribution is 6.00. The molecule has 0 aliphatic carbocycles. The summed E-state index contributed by atoms with van der Waals surface area (Å²) in [6, 6.07) is 16.2. The Kier molecular flexibility index (Phi) is 6.07. The topological polar surface area (TPSA) is 67.5 Å². The van der Waals surface area contributed by atoms with E-state index in [9.17, 15) is 4.79 Å². The van der Waals surface area contributed by atoms with E-state index in [2.05, 4.69) is 55.2 Å². The Balaban J connectivity index is 1.78. The Morgan fingerprint density at radius 2 is 1.72 bits per heavy atom. The largest absolute Gasteiger partial charge is 0.497 e.